The lowest BCUT2D eigenvalue weighted by Gasteiger charge is -2.07. The van der Waals surface area contributed by atoms with Gasteiger partial charge in [0, 0.05) is 12.3 Å². The molecule has 28 heavy (non-hydrogen) atoms. The van der Waals surface area contributed by atoms with Crippen LogP contribution < -0.4 is 11.1 Å². The summed E-state index contributed by atoms with van der Waals surface area (Å²) in [4.78, 5) is 12.2. The van der Waals surface area contributed by atoms with Gasteiger partial charge in [0.1, 0.15) is 46.4 Å². The van der Waals surface area contributed by atoms with Crippen LogP contribution in [0.25, 0.3) is 16.6 Å². The molecule has 138 valence electrons. The highest BCUT2D eigenvalue weighted by Gasteiger charge is 2.17. The van der Waals surface area contributed by atoms with E-state index in [-0.39, 0.29) is 33.8 Å². The number of pyridine rings is 1. The van der Waals surface area contributed by atoms with E-state index in [2.05, 4.69) is 25.4 Å². The van der Waals surface area contributed by atoms with E-state index in [1.165, 1.54) is 30.5 Å². The van der Waals surface area contributed by atoms with Crippen LogP contribution in [0.2, 0.25) is 0 Å². The Kier molecular flexibility index (Phi) is 4.04. The summed E-state index contributed by atoms with van der Waals surface area (Å²) in [7, 11) is 0. The van der Waals surface area contributed by atoms with Gasteiger partial charge < -0.3 is 11.1 Å². The van der Waals surface area contributed by atoms with Gasteiger partial charge in [-0.25, -0.2) is 28.4 Å². The van der Waals surface area contributed by atoms with E-state index in [9.17, 15) is 14.0 Å². The quantitative estimate of drug-likeness (QED) is 0.562. The zero-order chi connectivity index (χ0) is 19.8. The maximum absolute atomic E-state index is 14.3. The summed E-state index contributed by atoms with van der Waals surface area (Å²) >= 11 is 0. The van der Waals surface area contributed by atoms with Crippen LogP contribution in [0.5, 0.6) is 0 Å². The third-order valence-corrected chi connectivity index (χ3v) is 3.94. The van der Waals surface area contributed by atoms with Crippen LogP contribution in [0.1, 0.15) is 11.4 Å². The first kappa shape index (κ1) is 17.3. The van der Waals surface area contributed by atoms with E-state index in [0.29, 0.717) is 11.6 Å². The second kappa shape index (κ2) is 6.55. The van der Waals surface area contributed by atoms with Gasteiger partial charge in [-0.15, -0.1) is 0 Å². The monoisotopic (exact) mass is 378 g/mol. The Balaban J connectivity index is 1.88. The molecule has 3 aromatic heterocycles. The molecule has 10 heteroatoms. The molecule has 0 radical (unpaired) electrons. The molecule has 3 heterocycles. The van der Waals surface area contributed by atoms with Crippen molar-refractivity contribution in [2.75, 3.05) is 11.1 Å². The number of fused-ring (bicyclic) bond motifs is 1. The molecule has 4 aromatic rings. The van der Waals surface area contributed by atoms with Crippen LogP contribution >= 0.6 is 0 Å². The Morgan fingerprint density at radius 3 is 2.79 bits per heavy atom. The molecule has 8 nitrogen and oxygen atoms in total. The van der Waals surface area contributed by atoms with Crippen molar-refractivity contribution in [2.45, 2.75) is 6.92 Å². The number of nitriles is 1. The van der Waals surface area contributed by atoms with Crippen molar-refractivity contribution in [3.63, 3.8) is 0 Å². The van der Waals surface area contributed by atoms with Crippen molar-refractivity contribution in [1.29, 1.82) is 5.26 Å². The average Bonchev–Trinajstić information content (AvgIpc) is 3.09. The van der Waals surface area contributed by atoms with E-state index in [0.717, 1.165) is 10.9 Å². The highest BCUT2D eigenvalue weighted by atomic mass is 19.1. The van der Waals surface area contributed by atoms with Gasteiger partial charge >= 0.3 is 0 Å². The summed E-state index contributed by atoms with van der Waals surface area (Å²) < 4.78 is 29.7. The van der Waals surface area contributed by atoms with Crippen molar-refractivity contribution >= 4 is 28.4 Å². The van der Waals surface area contributed by atoms with Crippen molar-refractivity contribution in [1.82, 2.24) is 24.7 Å². The van der Waals surface area contributed by atoms with Gasteiger partial charge in [0.2, 0.25) is 0 Å². The second-order valence-electron chi connectivity index (χ2n) is 5.89. The Labute approximate surface area is 157 Å². The number of halogens is 2. The van der Waals surface area contributed by atoms with Crippen molar-refractivity contribution in [3.05, 3.63) is 59.7 Å². The maximum Gasteiger partial charge on any atom is 0.169 e. The first-order valence-corrected chi connectivity index (χ1v) is 8.07. The molecule has 3 N–H and O–H groups in total. The molecule has 1 aromatic carbocycles. The minimum Gasteiger partial charge on any atom is -0.384 e. The number of anilines is 3. The molecule has 0 aliphatic rings. The lowest BCUT2D eigenvalue weighted by molar-refractivity contribution is 0.608. The third-order valence-electron chi connectivity index (χ3n) is 3.94. The number of para-hydroxylation sites is 1. The van der Waals surface area contributed by atoms with E-state index in [1.807, 2.05) is 6.07 Å². The fraction of sp³-hybridized carbons (Fsp3) is 0.0556. The molecule has 0 atom stereocenters. The molecule has 0 fully saturated rings. The first-order chi connectivity index (χ1) is 13.5. The van der Waals surface area contributed by atoms with Crippen LogP contribution in [0.15, 0.2) is 36.7 Å². The predicted octanol–water partition coefficient (Wildman–Crippen LogP) is 2.99. The summed E-state index contributed by atoms with van der Waals surface area (Å²) in [6.07, 6.45) is 2.39. The van der Waals surface area contributed by atoms with Gasteiger partial charge in [0.05, 0.1) is 17.1 Å². The van der Waals surface area contributed by atoms with E-state index >= 15 is 0 Å². The standard InChI is InChI=1S/C18H12F2N8/c1-9-24-14(22)5-15(25-9)26-18-11-8-28(27-16(11)13(20)7-23-18)17-10(6-21)3-2-4-12(17)19/h2-5,7-8H,1H3,(H3,22,23,24,25,26). The summed E-state index contributed by atoms with van der Waals surface area (Å²) in [5.41, 5.74) is 5.67. The van der Waals surface area contributed by atoms with Crippen LogP contribution in [-0.2, 0) is 0 Å². The summed E-state index contributed by atoms with van der Waals surface area (Å²) in [6.45, 7) is 1.68. The lowest BCUT2D eigenvalue weighted by Crippen LogP contribution is -2.02. The molecular formula is C18H12F2N8. The number of aryl methyl sites for hydroxylation is 1. The number of nitrogens with one attached hydrogen (secondary N) is 1. The van der Waals surface area contributed by atoms with Crippen molar-refractivity contribution in [3.8, 4) is 11.8 Å². The Morgan fingerprint density at radius 1 is 1.21 bits per heavy atom. The van der Waals surface area contributed by atoms with Gasteiger partial charge in [-0.2, -0.15) is 10.4 Å². The number of nitrogen functional groups attached to an aromatic ring is 1. The van der Waals surface area contributed by atoms with Gasteiger partial charge in [0.25, 0.3) is 0 Å². The SMILES string of the molecule is Cc1nc(N)cc(Nc2ncc(F)c3nn(-c4c(F)cccc4C#N)cc23)n1. The van der Waals surface area contributed by atoms with Gasteiger partial charge in [-0.1, -0.05) is 6.07 Å². The normalized spacial score (nSPS) is 10.8. The molecule has 0 amide bonds. The third kappa shape index (κ3) is 2.95. The molecule has 0 aliphatic carbocycles. The highest BCUT2D eigenvalue weighted by molar-refractivity contribution is 5.91. The molecule has 0 unspecified atom stereocenters. The largest absolute Gasteiger partial charge is 0.384 e. The second-order valence-corrected chi connectivity index (χ2v) is 5.89. The highest BCUT2D eigenvalue weighted by Crippen LogP contribution is 2.28. The van der Waals surface area contributed by atoms with E-state index in [1.54, 1.807) is 6.92 Å². The number of benzene rings is 1. The van der Waals surface area contributed by atoms with E-state index in [4.69, 9.17) is 5.73 Å². The lowest BCUT2D eigenvalue weighted by atomic mass is 10.2. The van der Waals surface area contributed by atoms with Crippen molar-refractivity contribution < 1.29 is 8.78 Å². The van der Waals surface area contributed by atoms with Gasteiger partial charge in [0.15, 0.2) is 5.82 Å². The number of hydrogen-bond acceptors (Lipinski definition) is 7. The number of nitrogens with zero attached hydrogens (tertiary/aromatic N) is 6. The molecule has 0 spiro atoms. The van der Waals surface area contributed by atoms with Crippen molar-refractivity contribution in [2.24, 2.45) is 0 Å². The number of rotatable bonds is 3. The van der Waals surface area contributed by atoms with Crippen LogP contribution in [0.3, 0.4) is 0 Å². The zero-order valence-corrected chi connectivity index (χ0v) is 14.5. The predicted molar refractivity (Wildman–Crippen MR) is 98.0 cm³/mol. The van der Waals surface area contributed by atoms with Crippen LogP contribution in [0, 0.1) is 29.9 Å². The number of hydrogen-bond donors (Lipinski definition) is 2. The Morgan fingerprint density at radius 2 is 2.04 bits per heavy atom. The molecule has 4 rings (SSSR count). The van der Waals surface area contributed by atoms with Gasteiger partial charge in [-0.05, 0) is 19.1 Å². The summed E-state index contributed by atoms with van der Waals surface area (Å²) in [6, 6.07) is 7.46. The fourth-order valence-corrected chi connectivity index (χ4v) is 2.80. The first-order valence-electron chi connectivity index (χ1n) is 8.07. The molecule has 0 saturated carbocycles. The molecule has 0 aliphatic heterocycles. The smallest absolute Gasteiger partial charge is 0.169 e. The minimum atomic E-state index is -0.687. The number of nitrogens with two attached hydrogens (primary N) is 1. The number of aromatic nitrogens is 5. The van der Waals surface area contributed by atoms with Crippen LogP contribution in [0.4, 0.5) is 26.2 Å². The Hall–Kier alpha value is -4.13. The maximum atomic E-state index is 14.3. The minimum absolute atomic E-state index is 0.0385. The zero-order valence-electron chi connectivity index (χ0n) is 14.5. The molecule has 0 saturated heterocycles. The Bertz CT molecular complexity index is 1240. The van der Waals surface area contributed by atoms with E-state index < -0.39 is 11.6 Å². The average molecular weight is 378 g/mol. The van der Waals surface area contributed by atoms with Crippen LogP contribution in [-0.4, -0.2) is 24.7 Å². The molecule has 0 bridgehead atoms. The topological polar surface area (TPSA) is 118 Å². The summed E-state index contributed by atoms with van der Waals surface area (Å²) in [5, 5.41) is 16.6. The van der Waals surface area contributed by atoms with Gasteiger partial charge in [-0.3, -0.25) is 0 Å². The molecular weight excluding hydrogens is 366 g/mol. The fourth-order valence-electron chi connectivity index (χ4n) is 2.80. The summed E-state index contributed by atoms with van der Waals surface area (Å²) in [5.74, 6) is -0.0335.